The van der Waals surface area contributed by atoms with E-state index in [1.165, 1.54) is 0 Å². The van der Waals surface area contributed by atoms with E-state index in [2.05, 4.69) is 0 Å². The van der Waals surface area contributed by atoms with E-state index in [1.807, 2.05) is 30.3 Å². The molecule has 0 fully saturated rings. The van der Waals surface area contributed by atoms with E-state index in [-0.39, 0.29) is 6.42 Å². The SMILES string of the molecule is O=C(O)C(=O)Cc1ccccc1OCc1ccccc1. The van der Waals surface area contributed by atoms with Crippen LogP contribution >= 0.6 is 0 Å². The minimum Gasteiger partial charge on any atom is -0.489 e. The number of carbonyl (C=O) groups excluding carboxylic acids is 1. The van der Waals surface area contributed by atoms with Gasteiger partial charge in [-0.2, -0.15) is 0 Å². The van der Waals surface area contributed by atoms with E-state index < -0.39 is 11.8 Å². The Balaban J connectivity index is 2.08. The summed E-state index contributed by atoms with van der Waals surface area (Å²) in [5, 5.41) is 8.65. The second-order valence-electron chi connectivity index (χ2n) is 4.29. The standard InChI is InChI=1S/C16H14O4/c17-14(16(18)19)10-13-8-4-5-9-15(13)20-11-12-6-2-1-3-7-12/h1-9H,10-11H2,(H,18,19). The van der Waals surface area contributed by atoms with Crippen LogP contribution < -0.4 is 4.74 Å². The van der Waals surface area contributed by atoms with Gasteiger partial charge in [-0.05, 0) is 11.6 Å². The van der Waals surface area contributed by atoms with Gasteiger partial charge in [0.15, 0.2) is 0 Å². The largest absolute Gasteiger partial charge is 0.489 e. The maximum Gasteiger partial charge on any atom is 0.372 e. The highest BCUT2D eigenvalue weighted by Crippen LogP contribution is 2.20. The Morgan fingerprint density at radius 1 is 0.950 bits per heavy atom. The van der Waals surface area contributed by atoms with Gasteiger partial charge < -0.3 is 9.84 Å². The van der Waals surface area contributed by atoms with E-state index in [0.717, 1.165) is 5.56 Å². The second-order valence-corrected chi connectivity index (χ2v) is 4.29. The van der Waals surface area contributed by atoms with Crippen molar-refractivity contribution in [1.82, 2.24) is 0 Å². The molecule has 0 aromatic heterocycles. The summed E-state index contributed by atoms with van der Waals surface area (Å²) < 4.78 is 5.66. The molecular formula is C16H14O4. The zero-order chi connectivity index (χ0) is 14.4. The van der Waals surface area contributed by atoms with Crippen LogP contribution in [-0.4, -0.2) is 16.9 Å². The number of carboxylic acids is 1. The van der Waals surface area contributed by atoms with Gasteiger partial charge in [-0.25, -0.2) is 4.79 Å². The van der Waals surface area contributed by atoms with Gasteiger partial charge in [-0.15, -0.1) is 0 Å². The number of rotatable bonds is 6. The van der Waals surface area contributed by atoms with Crippen molar-refractivity contribution in [3.63, 3.8) is 0 Å². The molecule has 0 saturated carbocycles. The number of ketones is 1. The summed E-state index contributed by atoms with van der Waals surface area (Å²) >= 11 is 0. The lowest BCUT2D eigenvalue weighted by Gasteiger charge is -2.10. The molecule has 0 aliphatic rings. The maximum absolute atomic E-state index is 11.3. The van der Waals surface area contributed by atoms with E-state index in [0.29, 0.717) is 17.9 Å². The van der Waals surface area contributed by atoms with E-state index in [1.54, 1.807) is 24.3 Å². The highest BCUT2D eigenvalue weighted by Gasteiger charge is 2.14. The van der Waals surface area contributed by atoms with Gasteiger partial charge in [-0.1, -0.05) is 48.5 Å². The van der Waals surface area contributed by atoms with Crippen LogP contribution in [0.2, 0.25) is 0 Å². The molecule has 102 valence electrons. The van der Waals surface area contributed by atoms with Crippen molar-refractivity contribution in [3.8, 4) is 5.75 Å². The van der Waals surface area contributed by atoms with Crippen molar-refractivity contribution in [2.75, 3.05) is 0 Å². The van der Waals surface area contributed by atoms with E-state index >= 15 is 0 Å². The molecule has 0 atom stereocenters. The molecule has 0 bridgehead atoms. The first-order valence-electron chi connectivity index (χ1n) is 6.17. The first-order chi connectivity index (χ1) is 9.66. The number of Topliss-reactive ketones (excluding diaryl/α,β-unsaturated/α-hetero) is 1. The van der Waals surface area contributed by atoms with E-state index in [4.69, 9.17) is 9.84 Å². The molecule has 1 N–H and O–H groups in total. The molecule has 2 rings (SSSR count). The first kappa shape index (κ1) is 13.8. The second kappa shape index (κ2) is 6.52. The monoisotopic (exact) mass is 270 g/mol. The minimum absolute atomic E-state index is 0.166. The molecule has 2 aromatic carbocycles. The lowest BCUT2D eigenvalue weighted by molar-refractivity contribution is -0.148. The molecule has 20 heavy (non-hydrogen) atoms. The number of carboxylic acid groups (broad SMARTS) is 1. The molecule has 4 nitrogen and oxygen atoms in total. The summed E-state index contributed by atoms with van der Waals surface area (Å²) in [6, 6.07) is 16.6. The number of ether oxygens (including phenoxy) is 1. The number of hydrogen-bond donors (Lipinski definition) is 1. The number of hydrogen-bond acceptors (Lipinski definition) is 3. The minimum atomic E-state index is -1.43. The average molecular weight is 270 g/mol. The van der Waals surface area contributed by atoms with Crippen molar-refractivity contribution >= 4 is 11.8 Å². The highest BCUT2D eigenvalue weighted by atomic mass is 16.5. The van der Waals surface area contributed by atoms with Crippen LogP contribution in [-0.2, 0) is 22.6 Å². The number of carbonyl (C=O) groups is 2. The summed E-state index contributed by atoms with van der Waals surface area (Å²) in [5.74, 6) is -1.74. The van der Waals surface area contributed by atoms with Crippen molar-refractivity contribution in [1.29, 1.82) is 0 Å². The summed E-state index contributed by atoms with van der Waals surface area (Å²) in [6.07, 6.45) is -0.166. The van der Waals surface area contributed by atoms with Gasteiger partial charge in [0.05, 0.1) is 0 Å². The van der Waals surface area contributed by atoms with Crippen molar-refractivity contribution in [2.45, 2.75) is 13.0 Å². The number of benzene rings is 2. The van der Waals surface area contributed by atoms with Crippen LogP contribution in [0.15, 0.2) is 54.6 Å². The molecule has 0 aliphatic carbocycles. The van der Waals surface area contributed by atoms with Gasteiger partial charge in [0.2, 0.25) is 5.78 Å². The third kappa shape index (κ3) is 3.68. The quantitative estimate of drug-likeness (QED) is 0.819. The topological polar surface area (TPSA) is 63.6 Å². The Labute approximate surface area is 116 Å². The van der Waals surface area contributed by atoms with Crippen molar-refractivity contribution in [3.05, 3.63) is 65.7 Å². The highest BCUT2D eigenvalue weighted by molar-refractivity contribution is 6.33. The Morgan fingerprint density at radius 3 is 2.30 bits per heavy atom. The molecule has 0 spiro atoms. The van der Waals surface area contributed by atoms with Crippen molar-refractivity contribution < 1.29 is 19.4 Å². The van der Waals surface area contributed by atoms with Gasteiger partial charge in [0.1, 0.15) is 12.4 Å². The smallest absolute Gasteiger partial charge is 0.372 e. The number of aliphatic carboxylic acids is 1. The molecular weight excluding hydrogens is 256 g/mol. The Morgan fingerprint density at radius 2 is 1.60 bits per heavy atom. The molecule has 0 saturated heterocycles. The summed E-state index contributed by atoms with van der Waals surface area (Å²) in [4.78, 5) is 21.9. The lowest BCUT2D eigenvalue weighted by atomic mass is 10.1. The molecule has 0 heterocycles. The molecule has 0 aliphatic heterocycles. The van der Waals surface area contributed by atoms with Crippen LogP contribution in [0.25, 0.3) is 0 Å². The predicted octanol–water partition coefficient (Wildman–Crippen LogP) is 2.46. The maximum atomic E-state index is 11.3. The van der Waals surface area contributed by atoms with Crippen molar-refractivity contribution in [2.24, 2.45) is 0 Å². The van der Waals surface area contributed by atoms with Gasteiger partial charge in [0, 0.05) is 12.0 Å². The van der Waals surface area contributed by atoms with Crippen LogP contribution in [0.3, 0.4) is 0 Å². The molecule has 0 amide bonds. The Kier molecular flexibility index (Phi) is 4.50. The third-order valence-corrected chi connectivity index (χ3v) is 2.80. The predicted molar refractivity (Wildman–Crippen MR) is 73.6 cm³/mol. The average Bonchev–Trinajstić information content (AvgIpc) is 2.47. The fourth-order valence-corrected chi connectivity index (χ4v) is 1.77. The van der Waals surface area contributed by atoms with Crippen LogP contribution in [0.4, 0.5) is 0 Å². The molecule has 4 heteroatoms. The third-order valence-electron chi connectivity index (χ3n) is 2.80. The summed E-state index contributed by atoms with van der Waals surface area (Å²) in [6.45, 7) is 0.374. The van der Waals surface area contributed by atoms with Gasteiger partial charge >= 0.3 is 5.97 Å². The fraction of sp³-hybridized carbons (Fsp3) is 0.125. The Hall–Kier alpha value is -2.62. The number of para-hydroxylation sites is 1. The van der Waals surface area contributed by atoms with E-state index in [9.17, 15) is 9.59 Å². The summed E-state index contributed by atoms with van der Waals surface area (Å²) in [7, 11) is 0. The Bertz CT molecular complexity index is 605. The lowest BCUT2D eigenvalue weighted by Crippen LogP contribution is -2.15. The van der Waals surface area contributed by atoms with Gasteiger partial charge in [0.25, 0.3) is 0 Å². The van der Waals surface area contributed by atoms with Crippen LogP contribution in [0.5, 0.6) is 5.75 Å². The zero-order valence-corrected chi connectivity index (χ0v) is 10.8. The molecule has 2 aromatic rings. The normalized spacial score (nSPS) is 10.0. The molecule has 0 radical (unpaired) electrons. The molecule has 0 unspecified atom stereocenters. The van der Waals surface area contributed by atoms with Crippen LogP contribution in [0, 0.1) is 0 Å². The fourth-order valence-electron chi connectivity index (χ4n) is 1.77. The first-order valence-corrected chi connectivity index (χ1v) is 6.17. The zero-order valence-electron chi connectivity index (χ0n) is 10.8. The summed E-state index contributed by atoms with van der Waals surface area (Å²) in [5.41, 5.74) is 1.59. The van der Waals surface area contributed by atoms with Crippen LogP contribution in [0.1, 0.15) is 11.1 Å². The van der Waals surface area contributed by atoms with Gasteiger partial charge in [-0.3, -0.25) is 4.79 Å².